The fraction of sp³-hybridized carbons (Fsp3) is 1.00. The van der Waals surface area contributed by atoms with E-state index in [-0.39, 0.29) is 6.29 Å². The van der Waals surface area contributed by atoms with Crippen LogP contribution < -0.4 is 0 Å². The van der Waals surface area contributed by atoms with Gasteiger partial charge in [-0.3, -0.25) is 0 Å². The predicted octanol–water partition coefficient (Wildman–Crippen LogP) is 5.84. The summed E-state index contributed by atoms with van der Waals surface area (Å²) < 4.78 is 11.3. The zero-order chi connectivity index (χ0) is 14.6. The summed E-state index contributed by atoms with van der Waals surface area (Å²) in [5.74, 6) is 1.11. The van der Waals surface area contributed by atoms with Gasteiger partial charge in [-0.25, -0.2) is 0 Å². The molecule has 1 unspecified atom stereocenters. The monoisotopic (exact) mass is 296 g/mol. The summed E-state index contributed by atoms with van der Waals surface area (Å²) in [6.45, 7) is 1.79. The van der Waals surface area contributed by atoms with Gasteiger partial charge in [0.25, 0.3) is 0 Å². The first-order chi connectivity index (χ1) is 10.4. The Morgan fingerprint density at radius 3 is 2.05 bits per heavy atom. The third-order valence-corrected chi connectivity index (χ3v) is 5.17. The molecular formula is C19H36O2. The van der Waals surface area contributed by atoms with Gasteiger partial charge < -0.3 is 9.47 Å². The molecular weight excluding hydrogens is 260 g/mol. The standard InChI is InChI=1S/C19H36O2/c1(3-5-7-12-18-13-11-14-18)2-4-6-9-16-20-19-15-8-10-17-21-19/h18-19H,1-17H2. The minimum Gasteiger partial charge on any atom is -0.353 e. The van der Waals surface area contributed by atoms with Crippen LogP contribution in [0.3, 0.4) is 0 Å². The van der Waals surface area contributed by atoms with Crippen molar-refractivity contribution in [2.24, 2.45) is 5.92 Å². The molecule has 2 aliphatic rings. The van der Waals surface area contributed by atoms with Gasteiger partial charge in [0.05, 0.1) is 0 Å². The van der Waals surface area contributed by atoms with E-state index in [1.54, 1.807) is 0 Å². The topological polar surface area (TPSA) is 18.5 Å². The zero-order valence-electron chi connectivity index (χ0n) is 14.0. The van der Waals surface area contributed by atoms with Gasteiger partial charge >= 0.3 is 0 Å². The highest BCUT2D eigenvalue weighted by atomic mass is 16.7. The van der Waals surface area contributed by atoms with Crippen LogP contribution in [0.1, 0.15) is 96.3 Å². The molecule has 0 bridgehead atoms. The molecule has 0 amide bonds. The highest BCUT2D eigenvalue weighted by Gasteiger charge is 2.16. The van der Waals surface area contributed by atoms with E-state index in [9.17, 15) is 0 Å². The van der Waals surface area contributed by atoms with Gasteiger partial charge in [0, 0.05) is 13.2 Å². The Morgan fingerprint density at radius 2 is 1.43 bits per heavy atom. The van der Waals surface area contributed by atoms with Gasteiger partial charge in [0.15, 0.2) is 6.29 Å². The largest absolute Gasteiger partial charge is 0.353 e. The maximum Gasteiger partial charge on any atom is 0.157 e. The first-order valence-electron chi connectivity index (χ1n) is 9.68. The van der Waals surface area contributed by atoms with Crippen molar-refractivity contribution < 1.29 is 9.47 Å². The second kappa shape index (κ2) is 11.5. The smallest absolute Gasteiger partial charge is 0.157 e. The number of unbranched alkanes of at least 4 members (excludes halogenated alkanes) is 7. The van der Waals surface area contributed by atoms with Crippen molar-refractivity contribution >= 4 is 0 Å². The average molecular weight is 296 g/mol. The maximum atomic E-state index is 5.76. The van der Waals surface area contributed by atoms with Gasteiger partial charge in [0.2, 0.25) is 0 Å². The molecule has 0 spiro atoms. The molecule has 1 saturated carbocycles. The van der Waals surface area contributed by atoms with E-state index in [2.05, 4.69) is 0 Å². The van der Waals surface area contributed by atoms with Crippen LogP contribution in [0.25, 0.3) is 0 Å². The third kappa shape index (κ3) is 8.21. The molecule has 0 N–H and O–H groups in total. The van der Waals surface area contributed by atoms with E-state index >= 15 is 0 Å². The Hall–Kier alpha value is -0.0800. The normalized spacial score (nSPS) is 23.1. The Labute approximate surface area is 132 Å². The summed E-state index contributed by atoms with van der Waals surface area (Å²) in [5.41, 5.74) is 0. The second-order valence-electron chi connectivity index (χ2n) is 7.08. The molecule has 1 heterocycles. The highest BCUT2D eigenvalue weighted by Crippen LogP contribution is 2.31. The highest BCUT2D eigenvalue weighted by molar-refractivity contribution is 4.69. The van der Waals surface area contributed by atoms with E-state index in [1.807, 2.05) is 0 Å². The molecule has 2 nitrogen and oxygen atoms in total. The molecule has 0 radical (unpaired) electrons. The Kier molecular flexibility index (Phi) is 9.45. The molecule has 21 heavy (non-hydrogen) atoms. The summed E-state index contributed by atoms with van der Waals surface area (Å²) in [7, 11) is 0. The summed E-state index contributed by atoms with van der Waals surface area (Å²) in [6, 6.07) is 0. The molecule has 1 saturated heterocycles. The molecule has 0 aromatic carbocycles. The summed E-state index contributed by atoms with van der Waals surface area (Å²) in [6.07, 6.45) is 20.9. The van der Waals surface area contributed by atoms with Gasteiger partial charge in [-0.15, -0.1) is 0 Å². The molecule has 2 rings (SSSR count). The van der Waals surface area contributed by atoms with Crippen molar-refractivity contribution in [2.45, 2.75) is 103 Å². The lowest BCUT2D eigenvalue weighted by molar-refractivity contribution is -0.162. The summed E-state index contributed by atoms with van der Waals surface area (Å²) in [4.78, 5) is 0. The minimum atomic E-state index is 0.106. The quantitative estimate of drug-likeness (QED) is 0.421. The number of hydrogen-bond donors (Lipinski definition) is 0. The maximum absolute atomic E-state index is 5.76. The molecule has 1 aliphatic carbocycles. The van der Waals surface area contributed by atoms with E-state index in [1.165, 1.54) is 89.9 Å². The van der Waals surface area contributed by atoms with Crippen LogP contribution in [0.5, 0.6) is 0 Å². The van der Waals surface area contributed by atoms with Crippen LogP contribution in [0.15, 0.2) is 0 Å². The second-order valence-corrected chi connectivity index (χ2v) is 7.08. The zero-order valence-corrected chi connectivity index (χ0v) is 14.0. The Morgan fingerprint density at radius 1 is 0.714 bits per heavy atom. The van der Waals surface area contributed by atoms with Crippen molar-refractivity contribution in [2.75, 3.05) is 13.2 Å². The van der Waals surface area contributed by atoms with Crippen LogP contribution in [0.4, 0.5) is 0 Å². The predicted molar refractivity (Wildman–Crippen MR) is 88.4 cm³/mol. The third-order valence-electron chi connectivity index (χ3n) is 5.17. The van der Waals surface area contributed by atoms with Gasteiger partial charge in [-0.2, -0.15) is 0 Å². The van der Waals surface area contributed by atoms with Crippen LogP contribution in [0.2, 0.25) is 0 Å². The molecule has 2 heteroatoms. The van der Waals surface area contributed by atoms with Crippen molar-refractivity contribution in [1.29, 1.82) is 0 Å². The van der Waals surface area contributed by atoms with Crippen LogP contribution >= 0.6 is 0 Å². The van der Waals surface area contributed by atoms with Crippen molar-refractivity contribution in [3.63, 3.8) is 0 Å². The Balaban J connectivity index is 1.24. The molecule has 1 atom stereocenters. The van der Waals surface area contributed by atoms with Gasteiger partial charge in [-0.05, 0) is 31.6 Å². The van der Waals surface area contributed by atoms with E-state index < -0.39 is 0 Å². The lowest BCUT2D eigenvalue weighted by Gasteiger charge is -2.24. The molecule has 0 aromatic rings. The molecule has 2 fully saturated rings. The molecule has 124 valence electrons. The van der Waals surface area contributed by atoms with Gasteiger partial charge in [-0.1, -0.05) is 70.6 Å². The number of ether oxygens (including phenoxy) is 2. The fourth-order valence-corrected chi connectivity index (χ4v) is 3.43. The number of hydrogen-bond acceptors (Lipinski definition) is 2. The summed E-state index contributed by atoms with van der Waals surface area (Å²) in [5, 5.41) is 0. The van der Waals surface area contributed by atoms with E-state index in [4.69, 9.17) is 9.47 Å². The Bertz CT molecular complexity index is 232. The molecule has 1 aliphatic heterocycles. The van der Waals surface area contributed by atoms with Crippen molar-refractivity contribution in [3.05, 3.63) is 0 Å². The van der Waals surface area contributed by atoms with Gasteiger partial charge in [0.1, 0.15) is 0 Å². The average Bonchev–Trinajstić information content (AvgIpc) is 2.47. The number of rotatable bonds is 12. The molecule has 0 aromatic heterocycles. The summed E-state index contributed by atoms with van der Waals surface area (Å²) >= 11 is 0. The first-order valence-corrected chi connectivity index (χ1v) is 9.68. The van der Waals surface area contributed by atoms with Crippen molar-refractivity contribution in [3.8, 4) is 0 Å². The van der Waals surface area contributed by atoms with Crippen LogP contribution in [-0.2, 0) is 9.47 Å². The lowest BCUT2D eigenvalue weighted by atomic mass is 9.81. The van der Waals surface area contributed by atoms with E-state index in [0.29, 0.717) is 0 Å². The van der Waals surface area contributed by atoms with E-state index in [0.717, 1.165) is 25.6 Å². The van der Waals surface area contributed by atoms with Crippen LogP contribution in [0, 0.1) is 5.92 Å². The fourth-order valence-electron chi connectivity index (χ4n) is 3.43. The SMILES string of the molecule is C(CCCCCC1CCC1)CCCCOC1CCCCO1. The van der Waals surface area contributed by atoms with Crippen molar-refractivity contribution in [1.82, 2.24) is 0 Å². The van der Waals surface area contributed by atoms with Crippen LogP contribution in [-0.4, -0.2) is 19.5 Å². The lowest BCUT2D eigenvalue weighted by Crippen LogP contribution is -2.22. The first kappa shape index (κ1) is 17.3. The minimum absolute atomic E-state index is 0.106.